The molecule has 0 saturated carbocycles. The van der Waals surface area contributed by atoms with Crippen LogP contribution in [-0.2, 0) is 4.79 Å². The van der Waals surface area contributed by atoms with Crippen molar-refractivity contribution in [3.05, 3.63) is 22.4 Å². The molecule has 1 aromatic rings. The van der Waals surface area contributed by atoms with Crippen molar-refractivity contribution in [2.45, 2.75) is 6.04 Å². The van der Waals surface area contributed by atoms with Crippen LogP contribution in [0.25, 0.3) is 0 Å². The van der Waals surface area contributed by atoms with Gasteiger partial charge in [0.2, 0.25) is 0 Å². The van der Waals surface area contributed by atoms with Gasteiger partial charge in [-0.1, -0.05) is 6.07 Å². The molecule has 6 nitrogen and oxygen atoms in total. The molecule has 0 saturated heterocycles. The lowest BCUT2D eigenvalue weighted by Gasteiger charge is -2.19. The highest BCUT2D eigenvalue weighted by molar-refractivity contribution is 7.10. The van der Waals surface area contributed by atoms with E-state index in [9.17, 15) is 9.59 Å². The average Bonchev–Trinajstić information content (AvgIpc) is 2.76. The summed E-state index contributed by atoms with van der Waals surface area (Å²) in [5.41, 5.74) is 2.59. The Balaban J connectivity index is 2.74. The predicted molar refractivity (Wildman–Crippen MR) is 60.1 cm³/mol. The topological polar surface area (TPSA) is 81.7 Å². The van der Waals surface area contributed by atoms with Gasteiger partial charge in [0.25, 0.3) is 0 Å². The highest BCUT2D eigenvalue weighted by Gasteiger charge is 2.24. The second-order valence-electron chi connectivity index (χ2n) is 3.02. The zero-order valence-corrected chi connectivity index (χ0v) is 9.75. The Morgan fingerprint density at radius 2 is 2.25 bits per heavy atom. The predicted octanol–water partition coefficient (Wildman–Crippen LogP) is 0.650. The van der Waals surface area contributed by atoms with Gasteiger partial charge in [0.1, 0.15) is 0 Å². The van der Waals surface area contributed by atoms with Crippen LogP contribution in [0.2, 0.25) is 0 Å². The fraction of sp³-hybridized carbons (Fsp3) is 0.333. The second kappa shape index (κ2) is 5.47. The molecule has 0 aliphatic heterocycles. The Kier molecular flexibility index (Phi) is 4.27. The molecule has 0 aliphatic rings. The van der Waals surface area contributed by atoms with Gasteiger partial charge >= 0.3 is 12.0 Å². The van der Waals surface area contributed by atoms with E-state index in [1.165, 1.54) is 23.4 Å². The van der Waals surface area contributed by atoms with Gasteiger partial charge in [0.15, 0.2) is 6.04 Å². The van der Waals surface area contributed by atoms with Crippen LogP contribution in [0.15, 0.2) is 17.5 Å². The van der Waals surface area contributed by atoms with Gasteiger partial charge in [-0.2, -0.15) is 0 Å². The summed E-state index contributed by atoms with van der Waals surface area (Å²) in [6.07, 6.45) is 0. The third-order valence-corrected chi connectivity index (χ3v) is 2.92. The number of amides is 2. The molecule has 0 aliphatic carbocycles. The number of carboxylic acid groups (broad SMARTS) is 1. The van der Waals surface area contributed by atoms with E-state index in [1.54, 1.807) is 24.6 Å². The summed E-state index contributed by atoms with van der Waals surface area (Å²) in [7, 11) is 3.07. The van der Waals surface area contributed by atoms with E-state index in [2.05, 4.69) is 10.7 Å². The SMILES string of the molecule is CNN(C)C(=O)NC(C(=O)O)c1cccs1. The van der Waals surface area contributed by atoms with E-state index in [0.717, 1.165) is 0 Å². The van der Waals surface area contributed by atoms with Crippen molar-refractivity contribution in [1.29, 1.82) is 0 Å². The van der Waals surface area contributed by atoms with Crippen molar-refractivity contribution in [2.24, 2.45) is 0 Å². The molecule has 7 heteroatoms. The van der Waals surface area contributed by atoms with Crippen molar-refractivity contribution in [1.82, 2.24) is 15.8 Å². The van der Waals surface area contributed by atoms with Crippen molar-refractivity contribution >= 4 is 23.3 Å². The minimum atomic E-state index is -1.08. The van der Waals surface area contributed by atoms with E-state index in [-0.39, 0.29) is 0 Å². The standard InChI is InChI=1S/C9H13N3O3S/c1-10-12(2)9(15)11-7(8(13)14)6-4-3-5-16-6/h3-5,7,10H,1-2H3,(H,11,15)(H,13,14). The van der Waals surface area contributed by atoms with Crippen LogP contribution >= 0.6 is 11.3 Å². The maximum Gasteiger partial charge on any atom is 0.332 e. The maximum absolute atomic E-state index is 11.5. The van der Waals surface area contributed by atoms with Crippen molar-refractivity contribution in [3.63, 3.8) is 0 Å². The first-order chi connectivity index (χ1) is 7.56. The number of carbonyl (C=O) groups excluding carboxylic acids is 1. The first-order valence-electron chi connectivity index (χ1n) is 4.54. The Hall–Kier alpha value is -1.60. The Bertz CT molecular complexity index is 366. The number of hydrogen-bond donors (Lipinski definition) is 3. The lowest BCUT2D eigenvalue weighted by molar-refractivity contribution is -0.139. The van der Waals surface area contributed by atoms with Gasteiger partial charge < -0.3 is 10.4 Å². The maximum atomic E-state index is 11.5. The number of urea groups is 1. The number of thiophene rings is 1. The number of carbonyl (C=O) groups is 2. The summed E-state index contributed by atoms with van der Waals surface area (Å²) in [5.74, 6) is -1.08. The molecule has 2 amide bonds. The fourth-order valence-electron chi connectivity index (χ4n) is 1.03. The molecule has 0 aromatic carbocycles. The molecule has 1 unspecified atom stereocenters. The molecule has 0 bridgehead atoms. The first kappa shape index (κ1) is 12.5. The minimum absolute atomic E-state index is 0.497. The molecule has 1 aromatic heterocycles. The largest absolute Gasteiger partial charge is 0.479 e. The smallest absolute Gasteiger partial charge is 0.332 e. The molecule has 1 rings (SSSR count). The van der Waals surface area contributed by atoms with E-state index in [1.807, 2.05) is 0 Å². The number of aliphatic carboxylic acids is 1. The number of rotatable bonds is 4. The molecular weight excluding hydrogens is 230 g/mol. The third-order valence-electron chi connectivity index (χ3n) is 1.98. The van der Waals surface area contributed by atoms with Crippen LogP contribution in [0.4, 0.5) is 4.79 Å². The van der Waals surface area contributed by atoms with Crippen LogP contribution in [0.1, 0.15) is 10.9 Å². The van der Waals surface area contributed by atoms with Crippen LogP contribution < -0.4 is 10.7 Å². The summed E-state index contributed by atoms with van der Waals surface area (Å²) in [6.45, 7) is 0. The molecule has 1 atom stereocenters. The average molecular weight is 243 g/mol. The summed E-state index contributed by atoms with van der Waals surface area (Å²) < 4.78 is 0. The minimum Gasteiger partial charge on any atom is -0.479 e. The number of nitrogens with zero attached hydrogens (tertiary/aromatic N) is 1. The Morgan fingerprint density at radius 3 is 2.69 bits per heavy atom. The molecule has 88 valence electrons. The van der Waals surface area contributed by atoms with Crippen molar-refractivity contribution in [2.75, 3.05) is 14.1 Å². The summed E-state index contributed by atoms with van der Waals surface area (Å²) in [6, 6.07) is 1.90. The summed E-state index contributed by atoms with van der Waals surface area (Å²) >= 11 is 1.29. The molecule has 0 radical (unpaired) electrons. The van der Waals surface area contributed by atoms with Gasteiger partial charge in [-0.15, -0.1) is 11.3 Å². The lowest BCUT2D eigenvalue weighted by Crippen LogP contribution is -2.46. The summed E-state index contributed by atoms with van der Waals surface area (Å²) in [5, 5.41) is 14.3. The second-order valence-corrected chi connectivity index (χ2v) is 4.00. The number of hydrazine groups is 1. The fourth-order valence-corrected chi connectivity index (χ4v) is 1.80. The van der Waals surface area contributed by atoms with Gasteiger partial charge in [0.05, 0.1) is 0 Å². The highest BCUT2D eigenvalue weighted by Crippen LogP contribution is 2.19. The lowest BCUT2D eigenvalue weighted by atomic mass is 10.2. The van der Waals surface area contributed by atoms with E-state index >= 15 is 0 Å². The molecule has 0 fully saturated rings. The normalized spacial score (nSPS) is 11.9. The number of carboxylic acids is 1. The highest BCUT2D eigenvalue weighted by atomic mass is 32.1. The molecular formula is C9H13N3O3S. The quantitative estimate of drug-likeness (QED) is 0.678. The Labute approximate surface area is 96.8 Å². The molecule has 0 spiro atoms. The van der Waals surface area contributed by atoms with E-state index in [4.69, 9.17) is 5.11 Å². The molecule has 3 N–H and O–H groups in total. The molecule has 16 heavy (non-hydrogen) atoms. The summed E-state index contributed by atoms with van der Waals surface area (Å²) in [4.78, 5) is 23.1. The zero-order chi connectivity index (χ0) is 12.1. The Morgan fingerprint density at radius 1 is 1.56 bits per heavy atom. The number of nitrogens with one attached hydrogen (secondary N) is 2. The van der Waals surface area contributed by atoms with Crippen LogP contribution in [-0.4, -0.2) is 36.2 Å². The van der Waals surface area contributed by atoms with E-state index < -0.39 is 18.0 Å². The van der Waals surface area contributed by atoms with Gasteiger partial charge in [-0.3, -0.25) is 5.01 Å². The van der Waals surface area contributed by atoms with Crippen LogP contribution in [0.3, 0.4) is 0 Å². The van der Waals surface area contributed by atoms with Gasteiger partial charge in [-0.25, -0.2) is 15.0 Å². The zero-order valence-electron chi connectivity index (χ0n) is 8.93. The van der Waals surface area contributed by atoms with E-state index in [0.29, 0.717) is 4.88 Å². The molecule has 1 heterocycles. The van der Waals surface area contributed by atoms with Crippen molar-refractivity contribution in [3.8, 4) is 0 Å². The van der Waals surface area contributed by atoms with Crippen LogP contribution in [0.5, 0.6) is 0 Å². The van der Waals surface area contributed by atoms with Gasteiger partial charge in [0, 0.05) is 19.0 Å². The first-order valence-corrected chi connectivity index (χ1v) is 5.42. The van der Waals surface area contributed by atoms with Gasteiger partial charge in [-0.05, 0) is 11.4 Å². The number of hydrogen-bond acceptors (Lipinski definition) is 4. The van der Waals surface area contributed by atoms with Crippen molar-refractivity contribution < 1.29 is 14.7 Å². The van der Waals surface area contributed by atoms with Crippen LogP contribution in [0, 0.1) is 0 Å². The third kappa shape index (κ3) is 2.94. The monoisotopic (exact) mass is 243 g/mol.